The number of aromatic amines is 1. The molecular formula is C20H19N3O4. The highest BCUT2D eigenvalue weighted by molar-refractivity contribution is 5.85. The Labute approximate surface area is 155 Å². The Balaban J connectivity index is 1.57. The number of ether oxygens (including phenoxy) is 1. The first kappa shape index (κ1) is 18.5. The SMILES string of the molecule is N#Cc1ccc2[nH]cc(C(O)C(O)CNC(=O)OCc3ccccc3)c2c1. The molecule has 0 aliphatic heterocycles. The quantitative estimate of drug-likeness (QED) is 0.535. The average molecular weight is 365 g/mol. The number of aromatic nitrogens is 1. The molecule has 4 N–H and O–H groups in total. The molecule has 2 aromatic carbocycles. The fourth-order valence-electron chi connectivity index (χ4n) is 2.74. The Bertz CT molecular complexity index is 962. The third kappa shape index (κ3) is 4.44. The maximum atomic E-state index is 11.8. The lowest BCUT2D eigenvalue weighted by Crippen LogP contribution is -2.35. The number of nitrogens with zero attached hydrogens (tertiary/aromatic N) is 1. The number of amides is 1. The van der Waals surface area contributed by atoms with Crippen LogP contribution in [0.5, 0.6) is 0 Å². The van der Waals surface area contributed by atoms with Gasteiger partial charge in [0, 0.05) is 29.2 Å². The standard InChI is InChI=1S/C20H19N3O4/c21-9-14-6-7-17-15(8-14)16(10-22-17)19(25)18(24)11-23-20(26)27-12-13-4-2-1-3-5-13/h1-8,10,18-19,22,24-25H,11-12H2,(H,23,26). The van der Waals surface area contributed by atoms with E-state index in [4.69, 9.17) is 10.00 Å². The fraction of sp³-hybridized carbons (Fsp3) is 0.200. The molecule has 1 aromatic heterocycles. The minimum atomic E-state index is -1.24. The van der Waals surface area contributed by atoms with Crippen molar-refractivity contribution in [2.24, 2.45) is 0 Å². The van der Waals surface area contributed by atoms with Crippen LogP contribution in [0.1, 0.15) is 22.8 Å². The molecule has 3 aromatic rings. The van der Waals surface area contributed by atoms with E-state index in [-0.39, 0.29) is 13.2 Å². The van der Waals surface area contributed by atoms with Gasteiger partial charge < -0.3 is 25.3 Å². The number of hydrogen-bond donors (Lipinski definition) is 4. The van der Waals surface area contributed by atoms with Crippen molar-refractivity contribution in [1.82, 2.24) is 10.3 Å². The predicted octanol–water partition coefficient (Wildman–Crippen LogP) is 2.36. The van der Waals surface area contributed by atoms with Gasteiger partial charge >= 0.3 is 6.09 Å². The molecule has 0 fully saturated rings. The van der Waals surface area contributed by atoms with Gasteiger partial charge in [0.05, 0.1) is 11.6 Å². The first-order valence-electron chi connectivity index (χ1n) is 8.40. The Morgan fingerprint density at radius 2 is 2.00 bits per heavy atom. The molecule has 3 rings (SSSR count). The molecule has 7 nitrogen and oxygen atoms in total. The molecule has 0 spiro atoms. The minimum absolute atomic E-state index is 0.116. The van der Waals surface area contributed by atoms with Gasteiger partial charge in [0.1, 0.15) is 18.8 Å². The van der Waals surface area contributed by atoms with E-state index in [1.165, 1.54) is 0 Å². The largest absolute Gasteiger partial charge is 0.445 e. The van der Waals surface area contributed by atoms with Crippen LogP contribution in [0.4, 0.5) is 4.79 Å². The number of benzene rings is 2. The second kappa shape index (κ2) is 8.36. The third-order valence-electron chi connectivity index (χ3n) is 4.19. The molecule has 27 heavy (non-hydrogen) atoms. The summed E-state index contributed by atoms with van der Waals surface area (Å²) in [6.07, 6.45) is -1.58. The summed E-state index contributed by atoms with van der Waals surface area (Å²) in [7, 11) is 0. The molecule has 0 saturated heterocycles. The van der Waals surface area contributed by atoms with Gasteiger partial charge in [0.25, 0.3) is 0 Å². The van der Waals surface area contributed by atoms with E-state index >= 15 is 0 Å². The van der Waals surface area contributed by atoms with E-state index < -0.39 is 18.3 Å². The van der Waals surface area contributed by atoms with Crippen molar-refractivity contribution in [1.29, 1.82) is 5.26 Å². The molecule has 0 aliphatic rings. The predicted molar refractivity (Wildman–Crippen MR) is 98.6 cm³/mol. The molecule has 0 aliphatic carbocycles. The number of rotatable bonds is 6. The van der Waals surface area contributed by atoms with Crippen LogP contribution in [0.3, 0.4) is 0 Å². The average Bonchev–Trinajstić information content (AvgIpc) is 3.13. The van der Waals surface area contributed by atoms with Gasteiger partial charge in [-0.2, -0.15) is 5.26 Å². The van der Waals surface area contributed by atoms with Gasteiger partial charge in [0.15, 0.2) is 0 Å². The highest BCUT2D eigenvalue weighted by Crippen LogP contribution is 2.27. The van der Waals surface area contributed by atoms with Crippen molar-refractivity contribution < 1.29 is 19.7 Å². The van der Waals surface area contributed by atoms with Crippen molar-refractivity contribution in [2.75, 3.05) is 6.54 Å². The van der Waals surface area contributed by atoms with Crippen LogP contribution in [-0.2, 0) is 11.3 Å². The number of nitriles is 1. The molecule has 2 atom stereocenters. The third-order valence-corrected chi connectivity index (χ3v) is 4.19. The summed E-state index contributed by atoms with van der Waals surface area (Å²) in [5.74, 6) is 0. The first-order valence-corrected chi connectivity index (χ1v) is 8.40. The van der Waals surface area contributed by atoms with E-state index in [1.807, 2.05) is 36.4 Å². The molecule has 1 heterocycles. The second-order valence-electron chi connectivity index (χ2n) is 6.07. The van der Waals surface area contributed by atoms with Gasteiger partial charge in [-0.15, -0.1) is 0 Å². The van der Waals surface area contributed by atoms with Gasteiger partial charge in [-0.25, -0.2) is 4.79 Å². The van der Waals surface area contributed by atoms with Crippen LogP contribution in [0.2, 0.25) is 0 Å². The zero-order chi connectivity index (χ0) is 19.2. The monoisotopic (exact) mass is 365 g/mol. The number of carbonyl (C=O) groups excluding carboxylic acids is 1. The fourth-order valence-corrected chi connectivity index (χ4v) is 2.74. The molecule has 0 saturated carbocycles. The number of nitrogens with one attached hydrogen (secondary N) is 2. The Morgan fingerprint density at radius 3 is 2.74 bits per heavy atom. The van der Waals surface area contributed by atoms with E-state index in [0.717, 1.165) is 11.1 Å². The van der Waals surface area contributed by atoms with Crippen LogP contribution >= 0.6 is 0 Å². The lowest BCUT2D eigenvalue weighted by Gasteiger charge is -2.18. The number of H-pyrrole nitrogens is 1. The van der Waals surface area contributed by atoms with Crippen LogP contribution < -0.4 is 5.32 Å². The maximum Gasteiger partial charge on any atom is 0.407 e. The van der Waals surface area contributed by atoms with Crippen LogP contribution in [-0.4, -0.2) is 33.9 Å². The summed E-state index contributed by atoms with van der Waals surface area (Å²) < 4.78 is 5.06. The molecular weight excluding hydrogens is 346 g/mol. The van der Waals surface area contributed by atoms with Crippen molar-refractivity contribution >= 4 is 17.0 Å². The number of aliphatic hydroxyl groups is 2. The lowest BCUT2D eigenvalue weighted by molar-refractivity contribution is 0.0192. The van der Waals surface area contributed by atoms with E-state index in [1.54, 1.807) is 24.4 Å². The number of alkyl carbamates (subject to hydrolysis) is 1. The molecule has 1 amide bonds. The summed E-state index contributed by atoms with van der Waals surface area (Å²) in [5.41, 5.74) is 2.49. The van der Waals surface area contributed by atoms with E-state index in [0.29, 0.717) is 16.5 Å². The normalized spacial score (nSPS) is 12.9. The molecule has 138 valence electrons. The van der Waals surface area contributed by atoms with Gasteiger partial charge in [-0.05, 0) is 23.8 Å². The molecule has 0 radical (unpaired) electrons. The van der Waals surface area contributed by atoms with Crippen LogP contribution in [0.25, 0.3) is 10.9 Å². The summed E-state index contributed by atoms with van der Waals surface area (Å²) in [5, 5.41) is 32.7. The summed E-state index contributed by atoms with van der Waals surface area (Å²) in [6, 6.07) is 16.3. The van der Waals surface area contributed by atoms with Crippen LogP contribution in [0.15, 0.2) is 54.7 Å². The van der Waals surface area contributed by atoms with Gasteiger partial charge in [0.2, 0.25) is 0 Å². The van der Waals surface area contributed by atoms with E-state index in [2.05, 4.69) is 10.3 Å². The minimum Gasteiger partial charge on any atom is -0.445 e. The molecule has 7 heteroatoms. The summed E-state index contributed by atoms with van der Waals surface area (Å²) >= 11 is 0. The van der Waals surface area contributed by atoms with Crippen molar-refractivity contribution in [2.45, 2.75) is 18.8 Å². The highest BCUT2D eigenvalue weighted by Gasteiger charge is 2.22. The van der Waals surface area contributed by atoms with Crippen molar-refractivity contribution in [3.63, 3.8) is 0 Å². The zero-order valence-corrected chi connectivity index (χ0v) is 14.4. The Hall–Kier alpha value is -3.34. The molecule has 0 bridgehead atoms. The second-order valence-corrected chi connectivity index (χ2v) is 6.07. The number of aliphatic hydroxyl groups excluding tert-OH is 2. The molecule has 2 unspecified atom stereocenters. The van der Waals surface area contributed by atoms with Gasteiger partial charge in [-0.3, -0.25) is 0 Å². The first-order chi connectivity index (χ1) is 13.1. The summed E-state index contributed by atoms with van der Waals surface area (Å²) in [6.45, 7) is -0.0654. The van der Waals surface area contributed by atoms with Crippen molar-refractivity contribution in [3.05, 3.63) is 71.4 Å². The number of fused-ring (bicyclic) bond motifs is 1. The van der Waals surface area contributed by atoms with E-state index in [9.17, 15) is 15.0 Å². The maximum absolute atomic E-state index is 11.8. The van der Waals surface area contributed by atoms with Crippen LogP contribution in [0, 0.1) is 11.3 Å². The number of carbonyl (C=O) groups is 1. The van der Waals surface area contributed by atoms with Crippen molar-refractivity contribution in [3.8, 4) is 6.07 Å². The Kier molecular flexibility index (Phi) is 5.71. The number of hydrogen-bond acceptors (Lipinski definition) is 5. The lowest BCUT2D eigenvalue weighted by atomic mass is 10.0. The highest BCUT2D eigenvalue weighted by atomic mass is 16.5. The smallest absolute Gasteiger partial charge is 0.407 e. The van der Waals surface area contributed by atoms with Gasteiger partial charge in [-0.1, -0.05) is 30.3 Å². The zero-order valence-electron chi connectivity index (χ0n) is 14.4. The Morgan fingerprint density at radius 1 is 1.22 bits per heavy atom. The topological polar surface area (TPSA) is 118 Å². The summed E-state index contributed by atoms with van der Waals surface area (Å²) in [4.78, 5) is 14.7.